The maximum Gasteiger partial charge on any atom is 0.167 e. The molecule has 1 fully saturated rings. The van der Waals surface area contributed by atoms with Gasteiger partial charge in [-0.15, -0.1) is 0 Å². The highest BCUT2D eigenvalue weighted by Crippen LogP contribution is 2.37. The molecule has 0 unspecified atom stereocenters. The quantitative estimate of drug-likeness (QED) is 0.377. The highest BCUT2D eigenvalue weighted by Gasteiger charge is 2.22. The molecule has 1 aliphatic carbocycles. The van der Waals surface area contributed by atoms with Gasteiger partial charge in [0, 0.05) is 11.1 Å². The molecule has 1 aliphatic rings. The molecule has 32 heavy (non-hydrogen) atoms. The third-order valence-corrected chi connectivity index (χ3v) is 6.72. The molecule has 0 N–H and O–H groups in total. The van der Waals surface area contributed by atoms with Gasteiger partial charge in [0.25, 0.3) is 0 Å². The molecule has 0 amide bonds. The zero-order chi connectivity index (χ0) is 22.7. The molecule has 0 aliphatic heterocycles. The third-order valence-electron chi connectivity index (χ3n) is 6.72. The first-order chi connectivity index (χ1) is 15.5. The van der Waals surface area contributed by atoms with E-state index in [1.54, 1.807) is 24.3 Å². The van der Waals surface area contributed by atoms with E-state index in [0.717, 1.165) is 42.4 Å². The van der Waals surface area contributed by atoms with Crippen LogP contribution in [0.25, 0.3) is 17.2 Å². The van der Waals surface area contributed by atoms with Crippen LogP contribution in [-0.2, 0) is 6.42 Å². The van der Waals surface area contributed by atoms with Gasteiger partial charge in [0.2, 0.25) is 0 Å². The van der Waals surface area contributed by atoms with Gasteiger partial charge in [-0.1, -0.05) is 73.2 Å². The van der Waals surface area contributed by atoms with Crippen molar-refractivity contribution < 1.29 is 13.2 Å². The Morgan fingerprint density at radius 2 is 1.56 bits per heavy atom. The van der Waals surface area contributed by atoms with E-state index < -0.39 is 11.6 Å². The Bertz CT molecular complexity index is 1100. The summed E-state index contributed by atoms with van der Waals surface area (Å²) in [5, 5.41) is 0. The van der Waals surface area contributed by atoms with Crippen molar-refractivity contribution in [2.45, 2.75) is 51.9 Å². The van der Waals surface area contributed by atoms with E-state index in [1.165, 1.54) is 0 Å². The minimum Gasteiger partial charge on any atom is -0.207 e. The molecule has 0 heterocycles. The van der Waals surface area contributed by atoms with Gasteiger partial charge < -0.3 is 0 Å². The highest BCUT2D eigenvalue weighted by molar-refractivity contribution is 5.67. The van der Waals surface area contributed by atoms with E-state index in [4.69, 9.17) is 0 Å². The van der Waals surface area contributed by atoms with Crippen molar-refractivity contribution in [1.82, 2.24) is 0 Å². The van der Waals surface area contributed by atoms with Crippen LogP contribution in [-0.4, -0.2) is 0 Å². The predicted octanol–water partition coefficient (Wildman–Crippen LogP) is 8.63. The van der Waals surface area contributed by atoms with Crippen LogP contribution in [0, 0.1) is 30.3 Å². The first kappa shape index (κ1) is 22.4. The Labute approximate surface area is 188 Å². The summed E-state index contributed by atoms with van der Waals surface area (Å²) < 4.78 is 43.5. The van der Waals surface area contributed by atoms with Gasteiger partial charge in [0.05, 0.1) is 0 Å². The zero-order valence-electron chi connectivity index (χ0n) is 18.7. The third kappa shape index (κ3) is 4.82. The lowest BCUT2D eigenvalue weighted by Gasteiger charge is -2.27. The molecule has 0 spiro atoms. The summed E-state index contributed by atoms with van der Waals surface area (Å²) in [5.74, 6) is -1.04. The zero-order valence-corrected chi connectivity index (χ0v) is 18.7. The van der Waals surface area contributed by atoms with Crippen LogP contribution in [0.15, 0.2) is 60.7 Å². The molecule has 166 valence electrons. The number of aryl methyl sites for hydroxylation is 2. The molecule has 0 saturated heterocycles. The molecule has 1 saturated carbocycles. The average Bonchev–Trinajstić information content (AvgIpc) is 2.81. The minimum absolute atomic E-state index is 0.112. The molecular formula is C29H29F3. The van der Waals surface area contributed by atoms with Crippen molar-refractivity contribution in [2.75, 3.05) is 0 Å². The summed E-state index contributed by atoms with van der Waals surface area (Å²) in [6, 6.07) is 16.3. The van der Waals surface area contributed by atoms with Crippen molar-refractivity contribution >= 4 is 6.08 Å². The van der Waals surface area contributed by atoms with E-state index >= 15 is 0 Å². The Hall–Kier alpha value is -2.81. The Morgan fingerprint density at radius 3 is 2.22 bits per heavy atom. The second-order valence-corrected chi connectivity index (χ2v) is 8.87. The van der Waals surface area contributed by atoms with Crippen LogP contribution in [0.4, 0.5) is 13.2 Å². The molecule has 3 heteroatoms. The predicted molar refractivity (Wildman–Crippen MR) is 126 cm³/mol. The number of hydrogen-bond acceptors (Lipinski definition) is 0. The maximum absolute atomic E-state index is 14.7. The summed E-state index contributed by atoms with van der Waals surface area (Å²) >= 11 is 0. The van der Waals surface area contributed by atoms with E-state index in [2.05, 4.69) is 6.07 Å². The van der Waals surface area contributed by atoms with Crippen molar-refractivity contribution in [1.29, 1.82) is 0 Å². The second-order valence-electron chi connectivity index (χ2n) is 8.87. The second kappa shape index (κ2) is 9.77. The lowest BCUT2D eigenvalue weighted by atomic mass is 9.78. The largest absolute Gasteiger partial charge is 0.207 e. The number of hydrogen-bond donors (Lipinski definition) is 0. The smallest absolute Gasteiger partial charge is 0.167 e. The van der Waals surface area contributed by atoms with Crippen LogP contribution in [0.1, 0.15) is 60.8 Å². The number of halogens is 3. The summed E-state index contributed by atoms with van der Waals surface area (Å²) in [5.41, 5.74) is 4.13. The van der Waals surface area contributed by atoms with Crippen LogP contribution < -0.4 is 0 Å². The van der Waals surface area contributed by atoms with Crippen LogP contribution in [0.3, 0.4) is 0 Å². The van der Waals surface area contributed by atoms with Crippen LogP contribution >= 0.6 is 0 Å². The van der Waals surface area contributed by atoms with Crippen LogP contribution in [0.5, 0.6) is 0 Å². The molecule has 0 radical (unpaired) electrons. The van der Waals surface area contributed by atoms with Gasteiger partial charge in [-0.2, -0.15) is 0 Å². The fraction of sp³-hybridized carbons (Fsp3) is 0.310. The van der Waals surface area contributed by atoms with Gasteiger partial charge >= 0.3 is 0 Å². The Morgan fingerprint density at radius 1 is 0.844 bits per heavy atom. The van der Waals surface area contributed by atoms with E-state index in [-0.39, 0.29) is 16.9 Å². The number of benzene rings is 3. The summed E-state index contributed by atoms with van der Waals surface area (Å²) in [4.78, 5) is 0. The summed E-state index contributed by atoms with van der Waals surface area (Å²) in [7, 11) is 0. The molecule has 4 rings (SSSR count). The molecule has 0 atom stereocenters. The SMILES string of the molecule is CCc1ccc(C2CCC(C=Cc3ccc(-c4ccc(C)cc4)c(F)c3F)CC2)cc1F. The summed E-state index contributed by atoms with van der Waals surface area (Å²) in [6.07, 6.45) is 8.28. The van der Waals surface area contributed by atoms with E-state index in [1.807, 2.05) is 50.3 Å². The van der Waals surface area contributed by atoms with Gasteiger partial charge in [0.15, 0.2) is 11.6 Å². The van der Waals surface area contributed by atoms with Gasteiger partial charge in [-0.05, 0) is 73.6 Å². The van der Waals surface area contributed by atoms with Gasteiger partial charge in [0.1, 0.15) is 5.82 Å². The highest BCUT2D eigenvalue weighted by atomic mass is 19.2. The number of allylic oxidation sites excluding steroid dienone is 1. The molecule has 0 bridgehead atoms. The normalized spacial score (nSPS) is 18.9. The van der Waals surface area contributed by atoms with Gasteiger partial charge in [-0.25, -0.2) is 13.2 Å². The van der Waals surface area contributed by atoms with Crippen molar-refractivity contribution in [3.05, 3.63) is 100 Å². The average molecular weight is 435 g/mol. The number of rotatable bonds is 5. The van der Waals surface area contributed by atoms with Crippen LogP contribution in [0.2, 0.25) is 0 Å². The standard InChI is InChI=1S/C29H29F3/c1-3-21-14-15-25(18-27(21)30)22-11-6-20(7-12-22)8-13-24-16-17-26(29(32)28(24)31)23-9-4-19(2)5-10-23/h4-5,8-10,13-18,20,22H,3,6-7,11-12H2,1-2H3. The molecular weight excluding hydrogens is 405 g/mol. The van der Waals surface area contributed by atoms with Crippen molar-refractivity contribution in [2.24, 2.45) is 5.92 Å². The monoisotopic (exact) mass is 434 g/mol. The molecule has 3 aromatic carbocycles. The first-order valence-corrected chi connectivity index (χ1v) is 11.5. The maximum atomic E-state index is 14.7. The van der Waals surface area contributed by atoms with Crippen molar-refractivity contribution in [3.63, 3.8) is 0 Å². The molecule has 3 aromatic rings. The fourth-order valence-electron chi connectivity index (χ4n) is 4.64. The van der Waals surface area contributed by atoms with E-state index in [9.17, 15) is 13.2 Å². The lowest BCUT2D eigenvalue weighted by Crippen LogP contribution is -2.12. The fourth-order valence-corrected chi connectivity index (χ4v) is 4.64. The minimum atomic E-state index is -0.808. The molecule has 0 nitrogen and oxygen atoms in total. The summed E-state index contributed by atoms with van der Waals surface area (Å²) in [6.45, 7) is 3.92. The molecule has 0 aromatic heterocycles. The van der Waals surface area contributed by atoms with Gasteiger partial charge in [-0.3, -0.25) is 0 Å². The topological polar surface area (TPSA) is 0 Å². The van der Waals surface area contributed by atoms with E-state index in [0.29, 0.717) is 23.8 Å². The Kier molecular flexibility index (Phi) is 6.83. The Balaban J connectivity index is 1.41. The lowest BCUT2D eigenvalue weighted by molar-refractivity contribution is 0.376. The first-order valence-electron chi connectivity index (χ1n) is 11.5. The van der Waals surface area contributed by atoms with Crippen molar-refractivity contribution in [3.8, 4) is 11.1 Å².